The van der Waals surface area contributed by atoms with Crippen molar-refractivity contribution in [1.29, 1.82) is 0 Å². The number of rotatable bonds is 3. The number of hydrogen-bond donors (Lipinski definition) is 1. The van der Waals surface area contributed by atoms with Crippen LogP contribution in [0.25, 0.3) is 0 Å². The number of hydrogen-bond acceptors (Lipinski definition) is 3. The molecule has 1 heterocycles. The van der Waals surface area contributed by atoms with Gasteiger partial charge in [-0.2, -0.15) is 0 Å². The number of nitrogens with zero attached hydrogens (tertiary/aromatic N) is 1. The van der Waals surface area contributed by atoms with E-state index in [9.17, 15) is 13.2 Å². The monoisotopic (exact) mass is 207 g/mol. The minimum atomic E-state index is -3.00. The van der Waals surface area contributed by atoms with Gasteiger partial charge in [-0.25, -0.2) is 13.2 Å². The molecule has 78 valence electrons. The number of alkyl halides is 2. The Balaban J connectivity index is 3.31. The second kappa shape index (κ2) is 4.28. The number of halogens is 3. The van der Waals surface area contributed by atoms with Gasteiger partial charge in [0.1, 0.15) is 11.4 Å². The number of pyridine rings is 1. The predicted molar refractivity (Wildman–Crippen MR) is 41.6 cm³/mol. The minimum Gasteiger partial charge on any atom is -0.495 e. The molecular formula is C8H8F3NO2. The highest BCUT2D eigenvalue weighted by Crippen LogP contribution is 2.31. The van der Waals surface area contributed by atoms with Crippen molar-refractivity contribution in [2.45, 2.75) is 13.0 Å². The molecule has 0 amide bonds. The maximum atomic E-state index is 13.2. The first-order chi connectivity index (χ1) is 6.61. The van der Waals surface area contributed by atoms with Gasteiger partial charge in [-0.1, -0.05) is 0 Å². The van der Waals surface area contributed by atoms with E-state index in [0.29, 0.717) is 0 Å². The summed E-state index contributed by atoms with van der Waals surface area (Å²) in [6.45, 7) is -0.727. The molecule has 0 radical (unpaired) electrons. The quantitative estimate of drug-likeness (QED) is 0.819. The van der Waals surface area contributed by atoms with Gasteiger partial charge in [0.2, 0.25) is 0 Å². The smallest absolute Gasteiger partial charge is 0.270 e. The van der Waals surface area contributed by atoms with E-state index in [2.05, 4.69) is 9.72 Å². The van der Waals surface area contributed by atoms with E-state index in [1.54, 1.807) is 0 Å². The molecule has 0 aliphatic rings. The lowest BCUT2D eigenvalue weighted by atomic mass is 10.2. The van der Waals surface area contributed by atoms with Crippen molar-refractivity contribution in [3.8, 4) is 5.75 Å². The van der Waals surface area contributed by atoms with Gasteiger partial charge in [0.15, 0.2) is 5.82 Å². The molecule has 0 saturated carbocycles. The van der Waals surface area contributed by atoms with E-state index < -0.39 is 30.1 Å². The van der Waals surface area contributed by atoms with E-state index in [1.165, 1.54) is 0 Å². The molecule has 1 rings (SSSR count). The Kier molecular flexibility index (Phi) is 3.29. The number of ether oxygens (including phenoxy) is 1. The summed E-state index contributed by atoms with van der Waals surface area (Å²) in [4.78, 5) is 3.43. The molecule has 6 heteroatoms. The molecule has 14 heavy (non-hydrogen) atoms. The normalized spacial score (nSPS) is 10.7. The molecule has 0 spiro atoms. The van der Waals surface area contributed by atoms with E-state index in [4.69, 9.17) is 5.11 Å². The fourth-order valence-corrected chi connectivity index (χ4v) is 1.00. The molecule has 0 fully saturated rings. The average Bonchev–Trinajstić information content (AvgIpc) is 2.16. The van der Waals surface area contributed by atoms with Gasteiger partial charge in [-0.3, -0.25) is 4.98 Å². The largest absolute Gasteiger partial charge is 0.495 e. The zero-order valence-electron chi connectivity index (χ0n) is 7.30. The molecule has 0 saturated heterocycles. The summed E-state index contributed by atoms with van der Waals surface area (Å²) in [5, 5.41) is 8.60. The molecule has 1 aromatic heterocycles. The lowest BCUT2D eigenvalue weighted by molar-refractivity contribution is 0.140. The third-order valence-corrected chi connectivity index (χ3v) is 1.68. The Morgan fingerprint density at radius 2 is 2.21 bits per heavy atom. The molecule has 0 unspecified atom stereocenters. The Hall–Kier alpha value is -1.30. The summed E-state index contributed by atoms with van der Waals surface area (Å²) in [5.74, 6) is -1.54. The SMILES string of the molecule is COc1cnc(CO)c(F)c1C(F)F. The van der Waals surface area contributed by atoms with Crippen LogP contribution in [0.2, 0.25) is 0 Å². The van der Waals surface area contributed by atoms with Crippen molar-refractivity contribution in [3.05, 3.63) is 23.3 Å². The van der Waals surface area contributed by atoms with Crippen molar-refractivity contribution in [1.82, 2.24) is 4.98 Å². The highest BCUT2D eigenvalue weighted by molar-refractivity contribution is 5.35. The molecule has 1 N–H and O–H groups in total. The van der Waals surface area contributed by atoms with Crippen LogP contribution in [-0.2, 0) is 6.61 Å². The summed E-state index contributed by atoms with van der Waals surface area (Å²) in [6, 6.07) is 0. The van der Waals surface area contributed by atoms with Gasteiger partial charge < -0.3 is 9.84 Å². The maximum Gasteiger partial charge on any atom is 0.270 e. The number of methoxy groups -OCH3 is 1. The summed E-state index contributed by atoms with van der Waals surface area (Å²) >= 11 is 0. The number of aliphatic hydroxyl groups is 1. The molecule has 0 atom stereocenters. The summed E-state index contributed by atoms with van der Waals surface area (Å²) in [7, 11) is 1.14. The fraction of sp³-hybridized carbons (Fsp3) is 0.375. The molecule has 0 bridgehead atoms. The van der Waals surface area contributed by atoms with E-state index >= 15 is 0 Å². The van der Waals surface area contributed by atoms with Gasteiger partial charge in [0.05, 0.1) is 25.5 Å². The lowest BCUT2D eigenvalue weighted by Gasteiger charge is -2.09. The lowest BCUT2D eigenvalue weighted by Crippen LogP contribution is -2.03. The Morgan fingerprint density at radius 1 is 1.57 bits per heavy atom. The van der Waals surface area contributed by atoms with Crippen LogP contribution in [0.5, 0.6) is 5.75 Å². The Bertz CT molecular complexity index is 331. The first-order valence-electron chi connectivity index (χ1n) is 3.72. The van der Waals surface area contributed by atoms with Crippen molar-refractivity contribution >= 4 is 0 Å². The van der Waals surface area contributed by atoms with E-state index in [1.807, 2.05) is 0 Å². The Labute approximate surface area is 78.2 Å². The summed E-state index contributed by atoms with van der Waals surface area (Å²) < 4.78 is 42.4. The van der Waals surface area contributed by atoms with E-state index in [0.717, 1.165) is 13.3 Å². The average molecular weight is 207 g/mol. The van der Waals surface area contributed by atoms with Crippen molar-refractivity contribution in [2.75, 3.05) is 7.11 Å². The minimum absolute atomic E-state index is 0.324. The van der Waals surface area contributed by atoms with Gasteiger partial charge in [0.25, 0.3) is 6.43 Å². The summed E-state index contributed by atoms with van der Waals surface area (Å²) in [6.07, 6.45) is -2.05. The molecule has 3 nitrogen and oxygen atoms in total. The molecule has 1 aromatic rings. The summed E-state index contributed by atoms with van der Waals surface area (Å²) in [5.41, 5.74) is -1.28. The predicted octanol–water partition coefficient (Wildman–Crippen LogP) is 1.66. The zero-order valence-corrected chi connectivity index (χ0v) is 7.30. The van der Waals surface area contributed by atoms with Gasteiger partial charge in [-0.05, 0) is 0 Å². The van der Waals surface area contributed by atoms with Crippen LogP contribution in [0.3, 0.4) is 0 Å². The van der Waals surface area contributed by atoms with Crippen molar-refractivity contribution in [2.24, 2.45) is 0 Å². The maximum absolute atomic E-state index is 13.2. The standard InChI is InChI=1S/C8H8F3NO2/c1-14-5-2-12-4(3-13)7(9)6(5)8(10)11/h2,8,13H,3H2,1H3. The van der Waals surface area contributed by atoms with Gasteiger partial charge in [0, 0.05) is 0 Å². The number of aromatic nitrogens is 1. The third kappa shape index (κ3) is 1.79. The third-order valence-electron chi connectivity index (χ3n) is 1.68. The topological polar surface area (TPSA) is 42.4 Å². The van der Waals surface area contributed by atoms with Crippen LogP contribution >= 0.6 is 0 Å². The molecule has 0 aliphatic heterocycles. The zero-order chi connectivity index (χ0) is 10.7. The van der Waals surface area contributed by atoms with Crippen LogP contribution in [0, 0.1) is 5.82 Å². The van der Waals surface area contributed by atoms with Crippen LogP contribution in [0.15, 0.2) is 6.20 Å². The van der Waals surface area contributed by atoms with Crippen molar-refractivity contribution in [3.63, 3.8) is 0 Å². The number of aliphatic hydroxyl groups excluding tert-OH is 1. The highest BCUT2D eigenvalue weighted by atomic mass is 19.3. The highest BCUT2D eigenvalue weighted by Gasteiger charge is 2.22. The van der Waals surface area contributed by atoms with Crippen LogP contribution in [0.1, 0.15) is 17.7 Å². The van der Waals surface area contributed by atoms with Crippen LogP contribution < -0.4 is 4.74 Å². The first kappa shape index (κ1) is 10.8. The van der Waals surface area contributed by atoms with Crippen LogP contribution in [0.4, 0.5) is 13.2 Å². The molecule has 0 aliphatic carbocycles. The first-order valence-corrected chi connectivity index (χ1v) is 3.72. The second-order valence-electron chi connectivity index (χ2n) is 2.46. The second-order valence-corrected chi connectivity index (χ2v) is 2.46. The molecule has 0 aromatic carbocycles. The molecular weight excluding hydrogens is 199 g/mol. The van der Waals surface area contributed by atoms with Crippen LogP contribution in [-0.4, -0.2) is 17.2 Å². The van der Waals surface area contributed by atoms with Gasteiger partial charge >= 0.3 is 0 Å². The fourth-order valence-electron chi connectivity index (χ4n) is 1.00. The van der Waals surface area contributed by atoms with E-state index in [-0.39, 0.29) is 5.75 Å². The van der Waals surface area contributed by atoms with Crippen molar-refractivity contribution < 1.29 is 23.0 Å². The Morgan fingerprint density at radius 3 is 2.64 bits per heavy atom. The van der Waals surface area contributed by atoms with Gasteiger partial charge in [-0.15, -0.1) is 0 Å².